The van der Waals surface area contributed by atoms with E-state index in [-0.39, 0.29) is 18.0 Å². The summed E-state index contributed by atoms with van der Waals surface area (Å²) in [6.07, 6.45) is 1.25. The first-order valence-electron chi connectivity index (χ1n) is 1.69. The Morgan fingerprint density at radius 3 is 1.67 bits per heavy atom. The summed E-state index contributed by atoms with van der Waals surface area (Å²) in [6.45, 7) is 0. The number of Topliss-reactive ketones (excluding diaryl/α,β-unsaturated/α-hetero) is 2. The van der Waals surface area contributed by atoms with Crippen molar-refractivity contribution in [1.29, 1.82) is 0 Å². The van der Waals surface area contributed by atoms with E-state index in [0.29, 0.717) is 0 Å². The first kappa shape index (κ1) is 3.40. The number of ketones is 2. The molecule has 2 heteroatoms. The fourth-order valence-corrected chi connectivity index (χ4v) is 0.322. The minimum Gasteiger partial charge on any atom is -0.242 e. The summed E-state index contributed by atoms with van der Waals surface area (Å²) in [4.78, 5) is 19.7. The second-order valence-electron chi connectivity index (χ2n) is 1.25. The normalized spacial score (nSPS) is 19.3. The molecule has 0 atom stereocenters. The maximum Gasteiger partial charge on any atom is 0.327 e. The highest BCUT2D eigenvalue weighted by Gasteiger charge is 2.36. The molecule has 6 heavy (non-hydrogen) atoms. The van der Waals surface area contributed by atoms with Gasteiger partial charge in [-0.1, -0.05) is 0 Å². The second-order valence-corrected chi connectivity index (χ2v) is 1.25. The number of hydrogen-bond donors (Lipinski definition) is 0. The molecule has 30 valence electrons. The lowest BCUT2D eigenvalue weighted by atomic mass is 9.97. The summed E-state index contributed by atoms with van der Waals surface area (Å²) in [6, 6.07) is 0. The first-order valence-corrected chi connectivity index (χ1v) is 1.69. The van der Waals surface area contributed by atoms with Gasteiger partial charge in [0.15, 0.2) is 6.42 Å². The van der Waals surface area contributed by atoms with E-state index in [1.165, 1.54) is 0 Å². The highest BCUT2D eigenvalue weighted by molar-refractivity contribution is 6.28. The minimum atomic E-state index is -0.0417. The molecule has 0 aromatic rings. The van der Waals surface area contributed by atoms with Crippen molar-refractivity contribution in [1.82, 2.24) is 0 Å². The molecule has 0 unspecified atom stereocenters. The van der Waals surface area contributed by atoms with Gasteiger partial charge in [0.05, 0.1) is 0 Å². The maximum absolute atomic E-state index is 9.83. The molecule has 1 saturated carbocycles. The maximum atomic E-state index is 9.83. The van der Waals surface area contributed by atoms with Crippen LogP contribution in [0.2, 0.25) is 0 Å². The molecular formula is C4H3O2+. The zero-order valence-corrected chi connectivity index (χ0v) is 3.10. The average Bonchev–Trinajstić information content (AvgIpc) is 1.33. The van der Waals surface area contributed by atoms with Gasteiger partial charge < -0.3 is 0 Å². The molecule has 0 heterocycles. The van der Waals surface area contributed by atoms with Gasteiger partial charge in [-0.3, -0.25) is 0 Å². The number of rotatable bonds is 0. The van der Waals surface area contributed by atoms with E-state index in [9.17, 15) is 9.59 Å². The molecule has 1 aliphatic carbocycles. The smallest absolute Gasteiger partial charge is 0.242 e. The molecule has 0 spiro atoms. The van der Waals surface area contributed by atoms with Crippen LogP contribution in [-0.4, -0.2) is 11.6 Å². The molecular weight excluding hydrogens is 80.0 g/mol. The molecule has 1 fully saturated rings. The Kier molecular flexibility index (Phi) is 0.473. The molecule has 0 aromatic carbocycles. The van der Waals surface area contributed by atoms with Crippen molar-refractivity contribution in [2.24, 2.45) is 0 Å². The molecule has 0 N–H and O–H groups in total. The fraction of sp³-hybridized carbons (Fsp3) is 0.250. The van der Waals surface area contributed by atoms with Crippen molar-refractivity contribution < 1.29 is 9.59 Å². The van der Waals surface area contributed by atoms with Gasteiger partial charge >= 0.3 is 11.6 Å². The third-order valence-corrected chi connectivity index (χ3v) is 0.670. The van der Waals surface area contributed by atoms with Gasteiger partial charge in [-0.15, -0.1) is 0 Å². The third-order valence-electron chi connectivity index (χ3n) is 0.670. The van der Waals surface area contributed by atoms with E-state index < -0.39 is 0 Å². The Bertz CT molecular complexity index is 82.1. The molecule has 0 aromatic heterocycles. The lowest BCUT2D eigenvalue weighted by Crippen LogP contribution is -2.23. The Morgan fingerprint density at radius 2 is 1.67 bits per heavy atom. The summed E-state index contributed by atoms with van der Waals surface area (Å²) < 4.78 is 0. The van der Waals surface area contributed by atoms with Crippen LogP contribution in [0.5, 0.6) is 0 Å². The zero-order valence-electron chi connectivity index (χ0n) is 3.10. The monoisotopic (exact) mass is 83.0 g/mol. The van der Waals surface area contributed by atoms with Gasteiger partial charge in [0.25, 0.3) is 0 Å². The molecule has 0 aliphatic heterocycles. The molecule has 0 radical (unpaired) electrons. The van der Waals surface area contributed by atoms with E-state index in [2.05, 4.69) is 0 Å². The van der Waals surface area contributed by atoms with Gasteiger partial charge in [-0.25, -0.2) is 9.59 Å². The van der Waals surface area contributed by atoms with Crippen LogP contribution in [-0.2, 0) is 9.59 Å². The third kappa shape index (κ3) is 0.302. The van der Waals surface area contributed by atoms with Gasteiger partial charge in [-0.05, 0) is 0 Å². The average molecular weight is 83.1 g/mol. The van der Waals surface area contributed by atoms with E-state index in [4.69, 9.17) is 0 Å². The lowest BCUT2D eigenvalue weighted by molar-refractivity contribution is -0.131. The van der Waals surface area contributed by atoms with Crippen molar-refractivity contribution in [3.05, 3.63) is 6.42 Å². The largest absolute Gasteiger partial charge is 0.327 e. The quantitative estimate of drug-likeness (QED) is 0.298. The van der Waals surface area contributed by atoms with Crippen LogP contribution in [0.15, 0.2) is 0 Å². The van der Waals surface area contributed by atoms with Gasteiger partial charge in [0, 0.05) is 0 Å². The second kappa shape index (κ2) is 0.834. The predicted octanol–water partition coefficient (Wildman–Crippen LogP) is -0.267. The summed E-state index contributed by atoms with van der Waals surface area (Å²) in [5.41, 5.74) is 0. The number of carbonyl (C=O) groups is 2. The van der Waals surface area contributed by atoms with Crippen molar-refractivity contribution in [3.8, 4) is 0 Å². The van der Waals surface area contributed by atoms with E-state index in [1.807, 2.05) is 0 Å². The molecule has 1 rings (SSSR count). The summed E-state index contributed by atoms with van der Waals surface area (Å²) in [5, 5.41) is 0. The summed E-state index contributed by atoms with van der Waals surface area (Å²) in [7, 11) is 0. The van der Waals surface area contributed by atoms with Gasteiger partial charge in [0.2, 0.25) is 6.42 Å². The molecule has 0 saturated heterocycles. The SMILES string of the molecule is O=C1[CH+]C(=O)C1. The molecule has 0 amide bonds. The zero-order chi connectivity index (χ0) is 4.57. The van der Waals surface area contributed by atoms with Crippen LogP contribution in [0.1, 0.15) is 6.42 Å². The summed E-state index contributed by atoms with van der Waals surface area (Å²) in [5.74, 6) is -0.0833. The first-order chi connectivity index (χ1) is 2.79. The Labute approximate surface area is 35.2 Å². The van der Waals surface area contributed by atoms with Crippen LogP contribution < -0.4 is 0 Å². The van der Waals surface area contributed by atoms with Gasteiger partial charge in [-0.2, -0.15) is 0 Å². The molecule has 1 aliphatic rings. The minimum absolute atomic E-state index is 0.0417. The van der Waals surface area contributed by atoms with Crippen molar-refractivity contribution in [3.63, 3.8) is 0 Å². The topological polar surface area (TPSA) is 34.1 Å². The summed E-state index contributed by atoms with van der Waals surface area (Å²) >= 11 is 0. The van der Waals surface area contributed by atoms with Crippen LogP contribution in [0.3, 0.4) is 0 Å². The van der Waals surface area contributed by atoms with Crippen molar-refractivity contribution in [2.45, 2.75) is 6.42 Å². The van der Waals surface area contributed by atoms with Gasteiger partial charge in [0.1, 0.15) is 0 Å². The number of carbonyl (C=O) groups excluding carboxylic acids is 2. The standard InChI is InChI=1S/C4H3O2/c5-3-1-4(6)2-3/h1H,2H2/q+1. The van der Waals surface area contributed by atoms with Crippen molar-refractivity contribution >= 4 is 11.6 Å². The Balaban J connectivity index is 2.47. The van der Waals surface area contributed by atoms with Crippen LogP contribution in [0.4, 0.5) is 0 Å². The fourth-order valence-electron chi connectivity index (χ4n) is 0.322. The highest BCUT2D eigenvalue weighted by atomic mass is 16.2. The lowest BCUT2D eigenvalue weighted by Gasteiger charge is -1.89. The van der Waals surface area contributed by atoms with Crippen LogP contribution in [0.25, 0.3) is 0 Å². The van der Waals surface area contributed by atoms with Crippen molar-refractivity contribution in [2.75, 3.05) is 0 Å². The van der Waals surface area contributed by atoms with Crippen LogP contribution >= 0.6 is 0 Å². The molecule has 0 bridgehead atoms. The highest BCUT2D eigenvalue weighted by Crippen LogP contribution is 2.04. The molecule has 2 nitrogen and oxygen atoms in total. The predicted molar refractivity (Wildman–Crippen MR) is 18.9 cm³/mol. The number of hydrogen-bond acceptors (Lipinski definition) is 2. The van der Waals surface area contributed by atoms with Crippen LogP contribution in [0, 0.1) is 6.42 Å². The Morgan fingerprint density at radius 1 is 1.33 bits per heavy atom. The van der Waals surface area contributed by atoms with E-state index >= 15 is 0 Å². The Hall–Kier alpha value is -0.790. The van der Waals surface area contributed by atoms with E-state index in [0.717, 1.165) is 6.42 Å². The van der Waals surface area contributed by atoms with E-state index in [1.54, 1.807) is 0 Å².